The Kier molecular flexibility index (Phi) is 7.20. The predicted molar refractivity (Wildman–Crippen MR) is 131 cm³/mol. The van der Waals surface area contributed by atoms with E-state index in [0.717, 1.165) is 11.4 Å². The number of nitrogens with zero attached hydrogens (tertiary/aromatic N) is 1. The zero-order chi connectivity index (χ0) is 24.2. The zero-order valence-corrected chi connectivity index (χ0v) is 20.4. The van der Waals surface area contributed by atoms with Crippen molar-refractivity contribution in [3.63, 3.8) is 0 Å². The highest BCUT2D eigenvalue weighted by Gasteiger charge is 2.40. The minimum Gasteiger partial charge on any atom is -0.490 e. The molecular weight excluding hydrogens is 418 g/mol. The second kappa shape index (κ2) is 9.73. The highest BCUT2D eigenvalue weighted by molar-refractivity contribution is 6.05. The van der Waals surface area contributed by atoms with E-state index in [1.165, 1.54) is 0 Å². The standard InChI is InChI=1S/C26H35N3O4/c1-25(2,3)33-24(31)29-16-15-20(17-26(29,4)5)32-19-13-11-18(12-14-19)23(30)28-22-10-8-7-9-21(22)27-6/h7-14,20,27H,15-17H2,1-6H3,(H,28,30). The number of ether oxygens (including phenoxy) is 2. The molecule has 0 bridgehead atoms. The molecule has 1 fully saturated rings. The number of hydrogen-bond acceptors (Lipinski definition) is 5. The Bertz CT molecular complexity index is 980. The molecule has 7 heteroatoms. The molecule has 1 aliphatic heterocycles. The van der Waals surface area contributed by atoms with Crippen LogP contribution in [-0.4, -0.2) is 47.7 Å². The number of para-hydroxylation sites is 2. The van der Waals surface area contributed by atoms with E-state index in [1.54, 1.807) is 17.0 Å². The molecule has 0 saturated carbocycles. The van der Waals surface area contributed by atoms with Crippen LogP contribution in [0.2, 0.25) is 0 Å². The summed E-state index contributed by atoms with van der Waals surface area (Å²) in [7, 11) is 1.82. The minimum absolute atomic E-state index is 0.0270. The monoisotopic (exact) mass is 453 g/mol. The van der Waals surface area contributed by atoms with E-state index in [1.807, 2.05) is 78.1 Å². The third-order valence-electron chi connectivity index (χ3n) is 5.61. The van der Waals surface area contributed by atoms with Gasteiger partial charge in [0.1, 0.15) is 17.5 Å². The van der Waals surface area contributed by atoms with Gasteiger partial charge in [-0.1, -0.05) is 12.1 Å². The second-order valence-electron chi connectivity index (χ2n) is 9.95. The van der Waals surface area contributed by atoms with Gasteiger partial charge in [-0.3, -0.25) is 4.79 Å². The molecule has 2 aromatic carbocycles. The van der Waals surface area contributed by atoms with Crippen molar-refractivity contribution in [3.8, 4) is 5.75 Å². The topological polar surface area (TPSA) is 79.9 Å². The van der Waals surface area contributed by atoms with Gasteiger partial charge in [0.25, 0.3) is 5.91 Å². The van der Waals surface area contributed by atoms with Crippen molar-refractivity contribution in [1.82, 2.24) is 4.90 Å². The molecule has 0 aliphatic carbocycles. The van der Waals surface area contributed by atoms with Crippen LogP contribution in [-0.2, 0) is 4.74 Å². The van der Waals surface area contributed by atoms with Crippen LogP contribution in [0.4, 0.5) is 16.2 Å². The lowest BCUT2D eigenvalue weighted by Crippen LogP contribution is -2.56. The van der Waals surface area contributed by atoms with Gasteiger partial charge >= 0.3 is 6.09 Å². The van der Waals surface area contributed by atoms with Crippen molar-refractivity contribution in [2.24, 2.45) is 0 Å². The van der Waals surface area contributed by atoms with Gasteiger partial charge in [0.15, 0.2) is 0 Å². The lowest BCUT2D eigenvalue weighted by atomic mass is 9.89. The fourth-order valence-electron chi connectivity index (χ4n) is 3.98. The quantitative estimate of drug-likeness (QED) is 0.622. The smallest absolute Gasteiger partial charge is 0.410 e. The second-order valence-corrected chi connectivity index (χ2v) is 9.95. The van der Waals surface area contributed by atoms with E-state index in [0.29, 0.717) is 30.7 Å². The van der Waals surface area contributed by atoms with Crippen molar-refractivity contribution in [1.29, 1.82) is 0 Å². The molecule has 2 aromatic rings. The van der Waals surface area contributed by atoms with Gasteiger partial charge in [0.05, 0.1) is 11.4 Å². The van der Waals surface area contributed by atoms with Gasteiger partial charge in [-0.05, 0) is 71.0 Å². The van der Waals surface area contributed by atoms with Crippen LogP contribution >= 0.6 is 0 Å². The number of rotatable bonds is 5. The molecule has 178 valence electrons. The molecule has 1 unspecified atom stereocenters. The predicted octanol–water partition coefficient (Wildman–Crippen LogP) is 5.54. The third-order valence-corrected chi connectivity index (χ3v) is 5.61. The van der Waals surface area contributed by atoms with Crippen LogP contribution in [0.5, 0.6) is 5.75 Å². The molecule has 2 N–H and O–H groups in total. The summed E-state index contributed by atoms with van der Waals surface area (Å²) in [5, 5.41) is 6.00. The average molecular weight is 454 g/mol. The summed E-state index contributed by atoms with van der Waals surface area (Å²) in [6.45, 7) is 10.2. The van der Waals surface area contributed by atoms with Crippen molar-refractivity contribution in [3.05, 3.63) is 54.1 Å². The van der Waals surface area contributed by atoms with Gasteiger partial charge in [0, 0.05) is 37.5 Å². The van der Waals surface area contributed by atoms with E-state index in [4.69, 9.17) is 9.47 Å². The van der Waals surface area contributed by atoms with Crippen LogP contribution in [0.15, 0.2) is 48.5 Å². The Morgan fingerprint density at radius 1 is 1.03 bits per heavy atom. The number of carbonyl (C=O) groups is 2. The number of nitrogens with one attached hydrogen (secondary N) is 2. The first-order valence-electron chi connectivity index (χ1n) is 11.3. The fraction of sp³-hybridized carbons (Fsp3) is 0.462. The van der Waals surface area contributed by atoms with E-state index < -0.39 is 5.60 Å². The molecule has 33 heavy (non-hydrogen) atoms. The molecule has 0 aromatic heterocycles. The molecule has 1 atom stereocenters. The first-order chi connectivity index (χ1) is 15.5. The Morgan fingerprint density at radius 2 is 1.67 bits per heavy atom. The van der Waals surface area contributed by atoms with Crippen molar-refractivity contribution < 1.29 is 19.1 Å². The molecule has 1 heterocycles. The number of hydrogen-bond donors (Lipinski definition) is 2. The average Bonchev–Trinajstić information content (AvgIpc) is 2.72. The molecule has 1 aliphatic rings. The largest absolute Gasteiger partial charge is 0.490 e. The summed E-state index contributed by atoms with van der Waals surface area (Å²) < 4.78 is 11.8. The normalized spacial score (nSPS) is 17.8. The Morgan fingerprint density at radius 3 is 2.24 bits per heavy atom. The fourth-order valence-corrected chi connectivity index (χ4v) is 3.98. The molecule has 0 spiro atoms. The molecule has 0 radical (unpaired) electrons. The maximum absolute atomic E-state index is 12.6. The number of carbonyl (C=O) groups excluding carboxylic acids is 2. The molecular formula is C26H35N3O4. The molecule has 7 nitrogen and oxygen atoms in total. The Labute approximate surface area is 196 Å². The van der Waals surface area contributed by atoms with Gasteiger partial charge in [-0.2, -0.15) is 0 Å². The summed E-state index contributed by atoms with van der Waals surface area (Å²) in [5.74, 6) is 0.518. The van der Waals surface area contributed by atoms with Crippen molar-refractivity contribution >= 4 is 23.4 Å². The number of piperidine rings is 1. The van der Waals surface area contributed by atoms with Crippen LogP contribution in [0.1, 0.15) is 57.8 Å². The summed E-state index contributed by atoms with van der Waals surface area (Å²) in [4.78, 5) is 27.0. The van der Waals surface area contributed by atoms with Gasteiger partial charge in [-0.25, -0.2) is 4.79 Å². The van der Waals surface area contributed by atoms with Gasteiger partial charge < -0.3 is 25.0 Å². The van der Waals surface area contributed by atoms with E-state index >= 15 is 0 Å². The summed E-state index contributed by atoms with van der Waals surface area (Å²) in [6, 6.07) is 14.7. The van der Waals surface area contributed by atoms with Gasteiger partial charge in [0.2, 0.25) is 0 Å². The molecule has 2 amide bonds. The summed E-state index contributed by atoms with van der Waals surface area (Å²) in [5.41, 5.74) is 1.22. The lowest BCUT2D eigenvalue weighted by Gasteiger charge is -2.45. The number of benzene rings is 2. The Balaban J connectivity index is 1.59. The van der Waals surface area contributed by atoms with E-state index in [-0.39, 0.29) is 23.6 Å². The molecule has 1 saturated heterocycles. The first kappa shape index (κ1) is 24.4. The third kappa shape index (κ3) is 6.40. The maximum Gasteiger partial charge on any atom is 0.410 e. The maximum atomic E-state index is 12.6. The van der Waals surface area contributed by atoms with Crippen LogP contribution in [0.3, 0.4) is 0 Å². The minimum atomic E-state index is -0.524. The van der Waals surface area contributed by atoms with Crippen molar-refractivity contribution in [2.75, 3.05) is 24.2 Å². The van der Waals surface area contributed by atoms with E-state index in [2.05, 4.69) is 10.6 Å². The summed E-state index contributed by atoms with van der Waals surface area (Å²) >= 11 is 0. The zero-order valence-electron chi connectivity index (χ0n) is 20.4. The summed E-state index contributed by atoms with van der Waals surface area (Å²) in [6.07, 6.45) is 1.09. The Hall–Kier alpha value is -3.22. The van der Waals surface area contributed by atoms with Gasteiger partial charge in [-0.15, -0.1) is 0 Å². The van der Waals surface area contributed by atoms with Crippen LogP contribution < -0.4 is 15.4 Å². The highest BCUT2D eigenvalue weighted by atomic mass is 16.6. The van der Waals surface area contributed by atoms with Crippen molar-refractivity contribution in [2.45, 2.75) is 64.7 Å². The van der Waals surface area contributed by atoms with Crippen LogP contribution in [0, 0.1) is 0 Å². The lowest BCUT2D eigenvalue weighted by molar-refractivity contribution is -0.0262. The number of anilines is 2. The highest BCUT2D eigenvalue weighted by Crippen LogP contribution is 2.32. The first-order valence-corrected chi connectivity index (χ1v) is 11.3. The SMILES string of the molecule is CNc1ccccc1NC(=O)c1ccc(OC2CCN(C(=O)OC(C)(C)C)C(C)(C)C2)cc1. The molecule has 3 rings (SSSR count). The number of amides is 2. The number of likely N-dealkylation sites (tertiary alicyclic amines) is 1. The van der Waals surface area contributed by atoms with E-state index in [9.17, 15) is 9.59 Å². The van der Waals surface area contributed by atoms with Crippen LogP contribution in [0.25, 0.3) is 0 Å².